The monoisotopic (exact) mass is 1530 g/mol. The van der Waals surface area contributed by atoms with Gasteiger partial charge in [-0.3, -0.25) is 37.3 Å². The maximum Gasteiger partial charge on any atom is 0.472 e. The van der Waals surface area contributed by atoms with Gasteiger partial charge in [-0.1, -0.05) is 283 Å². The second kappa shape index (κ2) is 78.1. The lowest BCUT2D eigenvalue weighted by Gasteiger charge is -2.21. The van der Waals surface area contributed by atoms with Crippen molar-refractivity contribution >= 4 is 39.5 Å². The van der Waals surface area contributed by atoms with Gasteiger partial charge in [0.2, 0.25) is 0 Å². The van der Waals surface area contributed by atoms with Crippen LogP contribution < -0.4 is 0 Å². The van der Waals surface area contributed by atoms with E-state index in [1.54, 1.807) is 0 Å². The summed E-state index contributed by atoms with van der Waals surface area (Å²) in [5.41, 5.74) is 0. The van der Waals surface area contributed by atoms with Crippen LogP contribution in [-0.4, -0.2) is 96.7 Å². The number of rotatable bonds is 76. The molecule has 0 aliphatic heterocycles. The Bertz CT molecular complexity index is 2580. The zero-order valence-electron chi connectivity index (χ0n) is 66.3. The summed E-state index contributed by atoms with van der Waals surface area (Å²) < 4.78 is 68.6. The molecule has 0 aliphatic carbocycles. The minimum atomic E-state index is -5.00. The second-order valence-electron chi connectivity index (χ2n) is 26.9. The number of phosphoric acid groups is 2. The average Bonchev–Trinajstić information content (AvgIpc) is 0.901. The van der Waals surface area contributed by atoms with Crippen molar-refractivity contribution in [2.24, 2.45) is 0 Å². The third-order valence-corrected chi connectivity index (χ3v) is 18.7. The summed E-state index contributed by atoms with van der Waals surface area (Å²) in [6.07, 6.45) is 89.6. The van der Waals surface area contributed by atoms with Crippen molar-refractivity contribution in [3.05, 3.63) is 146 Å². The van der Waals surface area contributed by atoms with Crippen LogP contribution in [0.2, 0.25) is 0 Å². The fraction of sp³-hybridized carbons (Fsp3) is 0.678. The number of aliphatic hydroxyl groups excluding tert-OH is 1. The van der Waals surface area contributed by atoms with Gasteiger partial charge in [0.15, 0.2) is 12.2 Å². The Labute approximate surface area is 643 Å². The second-order valence-corrected chi connectivity index (χ2v) is 29.8. The largest absolute Gasteiger partial charge is 0.472 e. The number of hydrogen-bond acceptors (Lipinski definition) is 15. The summed E-state index contributed by atoms with van der Waals surface area (Å²) in [5.74, 6) is -2.25. The zero-order chi connectivity index (χ0) is 77.4. The number of ether oxygens (including phenoxy) is 4. The van der Waals surface area contributed by atoms with Crippen molar-refractivity contribution in [3.8, 4) is 0 Å². The Morgan fingerprint density at radius 3 is 0.802 bits per heavy atom. The molecule has 5 atom stereocenters. The van der Waals surface area contributed by atoms with Gasteiger partial charge in [0, 0.05) is 25.7 Å². The predicted octanol–water partition coefficient (Wildman–Crippen LogP) is 24.2. The molecule has 0 aromatic carbocycles. The van der Waals surface area contributed by atoms with Crippen LogP contribution in [0.3, 0.4) is 0 Å². The predicted molar refractivity (Wildman–Crippen MR) is 436 cm³/mol. The van der Waals surface area contributed by atoms with Gasteiger partial charge in [0.05, 0.1) is 26.4 Å². The van der Waals surface area contributed by atoms with Gasteiger partial charge in [-0.15, -0.1) is 0 Å². The number of hydrogen-bond donors (Lipinski definition) is 3. The van der Waals surface area contributed by atoms with E-state index >= 15 is 0 Å². The van der Waals surface area contributed by atoms with Gasteiger partial charge < -0.3 is 33.8 Å². The highest BCUT2D eigenvalue weighted by Gasteiger charge is 2.30. The van der Waals surface area contributed by atoms with E-state index in [1.807, 2.05) is 0 Å². The quantitative estimate of drug-likeness (QED) is 0.0169. The van der Waals surface area contributed by atoms with Crippen molar-refractivity contribution < 1.29 is 80.2 Å². The van der Waals surface area contributed by atoms with Crippen molar-refractivity contribution in [1.82, 2.24) is 0 Å². The molecule has 0 amide bonds. The Morgan fingerprint density at radius 1 is 0.274 bits per heavy atom. The van der Waals surface area contributed by atoms with Crippen LogP contribution in [0.1, 0.15) is 323 Å². The fourth-order valence-corrected chi connectivity index (χ4v) is 12.1. The molecule has 0 aromatic rings. The van der Waals surface area contributed by atoms with Gasteiger partial charge in [-0.2, -0.15) is 0 Å². The van der Waals surface area contributed by atoms with Crippen LogP contribution in [0.4, 0.5) is 0 Å². The molecular formula is C87H146O17P2. The summed E-state index contributed by atoms with van der Waals surface area (Å²) >= 11 is 0. The number of aliphatic hydroxyl groups is 1. The molecule has 0 fully saturated rings. The summed E-state index contributed by atoms with van der Waals surface area (Å²) in [6, 6.07) is 0. The Balaban J connectivity index is 5.40. The zero-order valence-corrected chi connectivity index (χ0v) is 68.1. The number of carbonyl (C=O) groups is 4. The number of phosphoric ester groups is 2. The Kier molecular flexibility index (Phi) is 74.3. The minimum Gasteiger partial charge on any atom is -0.462 e. The molecule has 3 N–H and O–H groups in total. The Hall–Kier alpha value is -5.06. The highest BCUT2D eigenvalue weighted by molar-refractivity contribution is 7.47. The van der Waals surface area contributed by atoms with Crippen molar-refractivity contribution in [2.45, 2.75) is 341 Å². The van der Waals surface area contributed by atoms with Crippen molar-refractivity contribution in [2.75, 3.05) is 39.6 Å². The minimum absolute atomic E-state index is 0.0686. The van der Waals surface area contributed by atoms with E-state index in [0.29, 0.717) is 25.7 Å². The highest BCUT2D eigenvalue weighted by Crippen LogP contribution is 2.45. The maximum absolute atomic E-state index is 13.1. The number of allylic oxidation sites excluding steroid dienone is 24. The molecule has 0 saturated carbocycles. The fourth-order valence-electron chi connectivity index (χ4n) is 10.5. The summed E-state index contributed by atoms with van der Waals surface area (Å²) in [5, 5.41) is 10.6. The van der Waals surface area contributed by atoms with Gasteiger partial charge in [0.25, 0.3) is 0 Å². The van der Waals surface area contributed by atoms with Crippen LogP contribution in [0.15, 0.2) is 146 Å². The lowest BCUT2D eigenvalue weighted by Crippen LogP contribution is -2.30. The third-order valence-electron chi connectivity index (χ3n) is 16.8. The smallest absolute Gasteiger partial charge is 0.462 e. The molecule has 0 spiro atoms. The normalized spacial score (nSPS) is 14.6. The Morgan fingerprint density at radius 2 is 0.500 bits per heavy atom. The summed E-state index contributed by atoms with van der Waals surface area (Å²) in [6.45, 7) is 4.53. The lowest BCUT2D eigenvalue weighted by atomic mass is 10.1. The molecule has 0 rings (SSSR count). The molecule has 0 bridgehead atoms. The maximum atomic E-state index is 13.1. The van der Waals surface area contributed by atoms with Crippen LogP contribution in [0.5, 0.6) is 0 Å². The van der Waals surface area contributed by atoms with E-state index in [9.17, 15) is 43.2 Å². The number of unbranched alkanes of at least 4 members (excludes halogenated alkanes) is 26. The van der Waals surface area contributed by atoms with E-state index in [4.69, 9.17) is 37.0 Å². The van der Waals surface area contributed by atoms with E-state index in [1.165, 1.54) is 32.1 Å². The first-order chi connectivity index (χ1) is 51.7. The van der Waals surface area contributed by atoms with E-state index in [2.05, 4.69) is 174 Å². The van der Waals surface area contributed by atoms with E-state index in [0.717, 1.165) is 212 Å². The summed E-state index contributed by atoms with van der Waals surface area (Å²) in [7, 11) is -9.98. The van der Waals surface area contributed by atoms with E-state index < -0.39 is 97.5 Å². The summed E-state index contributed by atoms with van der Waals surface area (Å²) in [4.78, 5) is 73.1. The first kappa shape index (κ1) is 101. The van der Waals surface area contributed by atoms with Crippen molar-refractivity contribution in [3.63, 3.8) is 0 Å². The van der Waals surface area contributed by atoms with Crippen molar-refractivity contribution in [1.29, 1.82) is 0 Å². The van der Waals surface area contributed by atoms with Crippen LogP contribution in [-0.2, 0) is 65.4 Å². The SMILES string of the molecule is CC/C=C\C/C=C\C/C=C\C/C=C\C/C=C\CCCCCC(=O)OCC(COP(=O)(O)OCC(O)COP(=O)(O)OCC(COC(=O)CCCCCCCCC/C=C\C/C=C\C/C=C\CC)OC(=O)CCCCCCC/C=C\CCCC)OC(=O)CCCCCCCC/C=C\C/C=C\C/C=C\CCCCC. The molecule has 606 valence electrons. The molecule has 0 aromatic heterocycles. The first-order valence-electron chi connectivity index (χ1n) is 41.1. The molecule has 0 radical (unpaired) electrons. The molecule has 0 heterocycles. The topological polar surface area (TPSA) is 237 Å². The lowest BCUT2D eigenvalue weighted by molar-refractivity contribution is -0.161. The molecule has 17 nitrogen and oxygen atoms in total. The molecule has 19 heteroatoms. The number of esters is 4. The standard InChI is InChI=1S/C87H146O17P2/c1-5-9-13-17-21-25-29-32-35-38-40-43-46-49-53-56-60-64-68-72-85(90)98-78-83(104-87(92)74-70-66-62-58-54-50-47-44-41-39-36-33-30-26-22-18-14-10-6-2)80-102-106(95,96)100-76-81(88)75-99-105(93,94)101-79-82(103-86(91)73-69-65-61-57-51-28-24-20-16-12-8-4)77-97-84(89)71-67-63-59-55-52-48-45-42-37-34-31-27-23-19-15-11-7-3/h9,11,13,15,20-27,32-37,40-41,43-44,49,53,81-83,88H,5-8,10,12,14,16-19,28-31,38-39,42,45-48,50-52,54-80H2,1-4H3,(H,93,94)(H,95,96)/b13-9-,15-11-,24-20-,25-21-,26-22-,27-23-,35-32-,36-33-,37-34-,43-40-,44-41-,53-49-. The van der Waals surface area contributed by atoms with E-state index in [-0.39, 0.29) is 25.7 Å². The van der Waals surface area contributed by atoms with Gasteiger partial charge in [-0.05, 0) is 161 Å². The number of carbonyl (C=O) groups excluding carboxylic acids is 4. The van der Waals surface area contributed by atoms with Gasteiger partial charge in [0.1, 0.15) is 19.3 Å². The molecule has 0 aliphatic rings. The third kappa shape index (κ3) is 77.1. The molecule has 106 heavy (non-hydrogen) atoms. The first-order valence-corrected chi connectivity index (χ1v) is 44.1. The van der Waals surface area contributed by atoms with Crippen LogP contribution >= 0.6 is 15.6 Å². The van der Waals surface area contributed by atoms with Gasteiger partial charge >= 0.3 is 39.5 Å². The molecular weight excluding hydrogens is 1380 g/mol. The average molecular weight is 1530 g/mol. The van der Waals surface area contributed by atoms with Crippen LogP contribution in [0, 0.1) is 0 Å². The molecule has 0 saturated heterocycles. The molecule has 5 unspecified atom stereocenters. The van der Waals surface area contributed by atoms with Crippen LogP contribution in [0.25, 0.3) is 0 Å². The highest BCUT2D eigenvalue weighted by atomic mass is 31.2. The van der Waals surface area contributed by atoms with Gasteiger partial charge in [-0.25, -0.2) is 9.13 Å².